The summed E-state index contributed by atoms with van der Waals surface area (Å²) in [4.78, 5) is 17.5. The van der Waals surface area contributed by atoms with E-state index < -0.39 is 22.9 Å². The smallest absolute Gasteiger partial charge is 0.355 e. The second kappa shape index (κ2) is 8.31. The van der Waals surface area contributed by atoms with Gasteiger partial charge in [0.05, 0.1) is 11.0 Å². The molecule has 1 aliphatic heterocycles. The number of hydrogen-bond acceptors (Lipinski definition) is 5. The quantitative estimate of drug-likeness (QED) is 0.353. The van der Waals surface area contributed by atoms with E-state index in [9.17, 15) is 22.4 Å². The molecule has 0 radical (unpaired) electrons. The molecule has 32 heavy (non-hydrogen) atoms. The van der Waals surface area contributed by atoms with Gasteiger partial charge in [0.25, 0.3) is 0 Å². The minimum absolute atomic E-state index is 0.135. The van der Waals surface area contributed by atoms with Crippen LogP contribution in [0.25, 0.3) is 0 Å². The zero-order valence-corrected chi connectivity index (χ0v) is 16.9. The van der Waals surface area contributed by atoms with Gasteiger partial charge in [0, 0.05) is 30.3 Å². The van der Waals surface area contributed by atoms with Gasteiger partial charge >= 0.3 is 6.18 Å². The molecule has 1 aromatic heterocycles. The van der Waals surface area contributed by atoms with E-state index in [4.69, 9.17) is 5.41 Å². The Kier molecular flexibility index (Phi) is 5.68. The van der Waals surface area contributed by atoms with E-state index in [1.165, 1.54) is 12.1 Å². The average molecular weight is 444 g/mol. The maximum absolute atomic E-state index is 13.5. The van der Waals surface area contributed by atoms with Gasteiger partial charge in [-0.3, -0.25) is 9.78 Å². The highest BCUT2D eigenvalue weighted by molar-refractivity contribution is 6.03. The van der Waals surface area contributed by atoms with E-state index in [2.05, 4.69) is 15.6 Å². The number of pyridine rings is 1. The first-order chi connectivity index (χ1) is 15.2. The molecule has 4 rings (SSSR count). The van der Waals surface area contributed by atoms with Gasteiger partial charge in [-0.15, -0.1) is 0 Å². The lowest BCUT2D eigenvalue weighted by molar-refractivity contribution is -0.137. The number of nitrogens with zero attached hydrogens (tertiary/aromatic N) is 1. The molecule has 1 atom stereocenters. The summed E-state index contributed by atoms with van der Waals surface area (Å²) in [6.07, 6.45) is -0.0376. The molecule has 3 N–H and O–H groups in total. The SMILES string of the molecule is N=CC1=C(Nc2ccc(F)cc2)C=C2CCNC[C@@]2(C(=O)c2cc(C(F)(F)F)ccn2)C1. The molecule has 0 spiro atoms. The highest BCUT2D eigenvalue weighted by Gasteiger charge is 2.47. The summed E-state index contributed by atoms with van der Waals surface area (Å²) < 4.78 is 52.7. The van der Waals surface area contributed by atoms with Crippen LogP contribution >= 0.6 is 0 Å². The fraction of sp³-hybridized carbons (Fsp3) is 0.261. The van der Waals surface area contributed by atoms with E-state index in [0.717, 1.165) is 30.1 Å². The number of rotatable bonds is 5. The Hall–Kier alpha value is -3.33. The number of alkyl halides is 3. The number of halogens is 4. The van der Waals surface area contributed by atoms with Crippen molar-refractivity contribution in [3.63, 3.8) is 0 Å². The number of piperidine rings is 1. The van der Waals surface area contributed by atoms with Crippen LogP contribution in [-0.4, -0.2) is 30.1 Å². The molecular weight excluding hydrogens is 424 g/mol. The van der Waals surface area contributed by atoms with Crippen LogP contribution in [0.2, 0.25) is 0 Å². The zero-order chi connectivity index (χ0) is 22.9. The summed E-state index contributed by atoms with van der Waals surface area (Å²) in [5, 5.41) is 14.2. The topological polar surface area (TPSA) is 77.9 Å². The Morgan fingerprint density at radius 3 is 2.66 bits per heavy atom. The molecule has 2 aliphatic rings. The van der Waals surface area contributed by atoms with Gasteiger partial charge in [-0.1, -0.05) is 5.57 Å². The molecule has 166 valence electrons. The highest BCUT2D eigenvalue weighted by Crippen LogP contribution is 2.45. The molecule has 1 aliphatic carbocycles. The van der Waals surface area contributed by atoms with Gasteiger partial charge < -0.3 is 16.0 Å². The third-order valence-electron chi connectivity index (χ3n) is 5.82. The van der Waals surface area contributed by atoms with Crippen LogP contribution in [0.15, 0.2) is 65.5 Å². The first-order valence-corrected chi connectivity index (χ1v) is 9.99. The molecule has 1 saturated heterocycles. The molecule has 0 bridgehead atoms. The minimum atomic E-state index is -4.59. The zero-order valence-electron chi connectivity index (χ0n) is 16.9. The number of carbonyl (C=O) groups is 1. The second-order valence-corrected chi connectivity index (χ2v) is 7.83. The van der Waals surface area contributed by atoms with Gasteiger partial charge in [0.1, 0.15) is 11.5 Å². The van der Waals surface area contributed by atoms with Gasteiger partial charge in [0.2, 0.25) is 0 Å². The molecule has 0 saturated carbocycles. The number of anilines is 1. The molecule has 1 fully saturated rings. The third kappa shape index (κ3) is 4.08. The lowest BCUT2D eigenvalue weighted by Gasteiger charge is -2.42. The van der Waals surface area contributed by atoms with Crippen molar-refractivity contribution in [2.75, 3.05) is 18.4 Å². The summed E-state index contributed by atoms with van der Waals surface area (Å²) in [5.41, 5.74) is 0.176. The van der Waals surface area contributed by atoms with Crippen molar-refractivity contribution < 1.29 is 22.4 Å². The van der Waals surface area contributed by atoms with E-state index in [1.54, 1.807) is 18.2 Å². The number of allylic oxidation sites excluding steroid dienone is 2. The molecule has 1 aromatic carbocycles. The lowest BCUT2D eigenvalue weighted by Crippen LogP contribution is -2.49. The predicted molar refractivity (Wildman–Crippen MR) is 112 cm³/mol. The van der Waals surface area contributed by atoms with Gasteiger partial charge in [-0.2, -0.15) is 13.2 Å². The number of ketones is 1. The fourth-order valence-electron chi connectivity index (χ4n) is 4.17. The number of nitrogens with one attached hydrogen (secondary N) is 3. The Balaban J connectivity index is 1.72. The van der Waals surface area contributed by atoms with Crippen molar-refractivity contribution in [1.29, 1.82) is 5.41 Å². The summed E-state index contributed by atoms with van der Waals surface area (Å²) in [6.45, 7) is 0.845. The van der Waals surface area contributed by atoms with Crippen molar-refractivity contribution in [3.05, 3.63) is 82.6 Å². The van der Waals surface area contributed by atoms with Gasteiger partial charge in [-0.05, 0) is 67.4 Å². The van der Waals surface area contributed by atoms with Crippen LogP contribution in [0.3, 0.4) is 0 Å². The molecule has 2 aromatic rings. The predicted octanol–water partition coefficient (Wildman–Crippen LogP) is 4.75. The summed E-state index contributed by atoms with van der Waals surface area (Å²) in [6, 6.07) is 7.35. The van der Waals surface area contributed by atoms with Crippen LogP contribution < -0.4 is 10.6 Å². The largest absolute Gasteiger partial charge is 0.416 e. The van der Waals surface area contributed by atoms with Crippen molar-refractivity contribution in [3.8, 4) is 0 Å². The Morgan fingerprint density at radius 2 is 1.97 bits per heavy atom. The molecule has 0 unspecified atom stereocenters. The normalized spacial score (nSPS) is 20.9. The molecule has 0 amide bonds. The van der Waals surface area contributed by atoms with E-state index in [-0.39, 0.29) is 24.5 Å². The summed E-state index contributed by atoms with van der Waals surface area (Å²) in [7, 11) is 0. The van der Waals surface area contributed by atoms with Crippen LogP contribution in [0.1, 0.15) is 28.9 Å². The number of hydrogen-bond donors (Lipinski definition) is 3. The number of aromatic nitrogens is 1. The average Bonchev–Trinajstić information content (AvgIpc) is 2.79. The number of fused-ring (bicyclic) bond motifs is 1. The van der Waals surface area contributed by atoms with Crippen LogP contribution in [0.4, 0.5) is 23.2 Å². The number of Topliss-reactive ketones (excluding diaryl/α,β-unsaturated/α-hetero) is 1. The van der Waals surface area contributed by atoms with E-state index in [1.807, 2.05) is 0 Å². The van der Waals surface area contributed by atoms with Crippen molar-refractivity contribution >= 4 is 17.7 Å². The van der Waals surface area contributed by atoms with Crippen molar-refractivity contribution in [2.24, 2.45) is 5.41 Å². The van der Waals surface area contributed by atoms with Crippen molar-refractivity contribution in [1.82, 2.24) is 10.3 Å². The Morgan fingerprint density at radius 1 is 1.22 bits per heavy atom. The van der Waals surface area contributed by atoms with Crippen molar-refractivity contribution in [2.45, 2.75) is 19.0 Å². The first-order valence-electron chi connectivity index (χ1n) is 9.99. The van der Waals surface area contributed by atoms with Crippen LogP contribution in [0.5, 0.6) is 0 Å². The monoisotopic (exact) mass is 444 g/mol. The molecule has 9 heteroatoms. The lowest BCUT2D eigenvalue weighted by atomic mass is 9.65. The number of carbonyl (C=O) groups excluding carboxylic acids is 1. The van der Waals surface area contributed by atoms with Gasteiger partial charge in [-0.25, -0.2) is 4.39 Å². The summed E-state index contributed by atoms with van der Waals surface area (Å²) in [5.74, 6) is -0.891. The molecule has 2 heterocycles. The van der Waals surface area contributed by atoms with E-state index >= 15 is 0 Å². The fourth-order valence-corrected chi connectivity index (χ4v) is 4.17. The maximum Gasteiger partial charge on any atom is 0.416 e. The second-order valence-electron chi connectivity index (χ2n) is 7.83. The van der Waals surface area contributed by atoms with Crippen LogP contribution in [0, 0.1) is 16.6 Å². The summed E-state index contributed by atoms with van der Waals surface area (Å²) >= 11 is 0. The molecule has 5 nitrogen and oxygen atoms in total. The Labute approximate surface area is 181 Å². The minimum Gasteiger partial charge on any atom is -0.355 e. The van der Waals surface area contributed by atoms with Gasteiger partial charge in [0.15, 0.2) is 5.78 Å². The standard InChI is InChI=1S/C23H20F4N4O/c24-17-1-3-18(4-2-17)31-19-9-15-5-7-29-13-22(15,11-14(19)12-28)21(32)20-10-16(6-8-30-20)23(25,26)27/h1-4,6,8-10,12,28-29,31H,5,7,11,13H2/t22-/m0/s1. The third-order valence-corrected chi connectivity index (χ3v) is 5.82. The van der Waals surface area contributed by atoms with Crippen LogP contribution in [-0.2, 0) is 6.18 Å². The molecular formula is C23H20F4N4O. The highest BCUT2D eigenvalue weighted by atomic mass is 19.4. The maximum atomic E-state index is 13.5. The van der Waals surface area contributed by atoms with E-state index in [0.29, 0.717) is 29.9 Å². The number of benzene rings is 1. The first kappa shape index (κ1) is 21.9. The Bertz CT molecular complexity index is 1120.